The van der Waals surface area contributed by atoms with Crippen molar-refractivity contribution < 1.29 is 4.79 Å². The number of carbonyl (C=O) groups is 1. The van der Waals surface area contributed by atoms with E-state index in [2.05, 4.69) is 45.0 Å². The van der Waals surface area contributed by atoms with Gasteiger partial charge in [0.2, 0.25) is 0 Å². The van der Waals surface area contributed by atoms with Gasteiger partial charge >= 0.3 is 6.03 Å². The van der Waals surface area contributed by atoms with Gasteiger partial charge in [0.1, 0.15) is 11.6 Å². The molecule has 3 aromatic rings. The molecule has 2 heterocycles. The van der Waals surface area contributed by atoms with E-state index in [1.165, 1.54) is 16.5 Å². The van der Waals surface area contributed by atoms with Crippen LogP contribution in [0, 0.1) is 6.92 Å². The second kappa shape index (κ2) is 5.83. The average Bonchev–Trinajstić information content (AvgIpc) is 3.20. The van der Waals surface area contributed by atoms with Crippen LogP contribution in [-0.4, -0.2) is 26.8 Å². The fourth-order valence-electron chi connectivity index (χ4n) is 4.25. The molecule has 0 saturated carbocycles. The lowest BCUT2D eigenvalue weighted by Crippen LogP contribution is -2.43. The van der Waals surface area contributed by atoms with E-state index >= 15 is 0 Å². The molecule has 6 nitrogen and oxygen atoms in total. The Morgan fingerprint density at radius 3 is 2.88 bits per heavy atom. The Morgan fingerprint density at radius 2 is 2.00 bits per heavy atom. The highest BCUT2D eigenvalue weighted by Crippen LogP contribution is 2.34. The minimum absolute atomic E-state index is 0.0698. The number of hydrogen-bond donors (Lipinski definition) is 2. The Bertz CT molecular complexity index is 1010. The van der Waals surface area contributed by atoms with Crippen molar-refractivity contribution in [3.63, 3.8) is 0 Å². The van der Waals surface area contributed by atoms with Crippen LogP contribution in [0.25, 0.3) is 10.8 Å². The van der Waals surface area contributed by atoms with Crippen molar-refractivity contribution in [2.24, 2.45) is 0 Å². The monoisotopic (exact) mass is 347 g/mol. The first-order chi connectivity index (χ1) is 12.7. The van der Waals surface area contributed by atoms with Gasteiger partial charge in [-0.3, -0.25) is 0 Å². The lowest BCUT2D eigenvalue weighted by molar-refractivity contribution is 0.243. The van der Waals surface area contributed by atoms with E-state index in [4.69, 9.17) is 0 Å². The fraction of sp³-hybridized carbons (Fsp3) is 0.350. The van der Waals surface area contributed by atoms with Gasteiger partial charge in [-0.05, 0) is 48.8 Å². The third-order valence-electron chi connectivity index (χ3n) is 5.42. The highest BCUT2D eigenvalue weighted by Gasteiger charge is 2.23. The van der Waals surface area contributed by atoms with E-state index in [0.717, 1.165) is 48.4 Å². The quantitative estimate of drug-likeness (QED) is 0.749. The topological polar surface area (TPSA) is 71.8 Å². The third kappa shape index (κ3) is 2.53. The van der Waals surface area contributed by atoms with Gasteiger partial charge in [-0.2, -0.15) is 5.10 Å². The van der Waals surface area contributed by atoms with Crippen LogP contribution in [0.4, 0.5) is 10.5 Å². The Labute approximate surface area is 151 Å². The zero-order valence-corrected chi connectivity index (χ0v) is 14.7. The third-order valence-corrected chi connectivity index (χ3v) is 5.42. The molecule has 2 N–H and O–H groups in total. The number of amides is 2. The maximum atomic E-state index is 12.6. The minimum atomic E-state index is -0.158. The van der Waals surface area contributed by atoms with Gasteiger partial charge < -0.3 is 10.6 Å². The van der Waals surface area contributed by atoms with Gasteiger partial charge in [-0.25, -0.2) is 14.5 Å². The van der Waals surface area contributed by atoms with Crippen LogP contribution in [0.2, 0.25) is 0 Å². The number of nitrogens with one attached hydrogen (secondary N) is 2. The molecular formula is C20H21N5O. The SMILES string of the molecule is Cc1nc2n(n1)C[C@H](NC(=O)Nc1ccc3c4c(cccc14)CC3)CC2. The first-order valence-corrected chi connectivity index (χ1v) is 9.19. The molecule has 0 saturated heterocycles. The number of anilines is 1. The lowest BCUT2D eigenvalue weighted by atomic mass is 10.0. The molecular weight excluding hydrogens is 326 g/mol. The minimum Gasteiger partial charge on any atom is -0.333 e. The number of fused-ring (bicyclic) bond motifs is 1. The second-order valence-electron chi connectivity index (χ2n) is 7.20. The molecule has 5 rings (SSSR count). The van der Waals surface area contributed by atoms with Gasteiger partial charge in [0.05, 0.1) is 18.3 Å². The average molecular weight is 347 g/mol. The predicted molar refractivity (Wildman–Crippen MR) is 100 cm³/mol. The molecule has 1 aliphatic carbocycles. The summed E-state index contributed by atoms with van der Waals surface area (Å²) in [5.41, 5.74) is 3.63. The number of nitrogens with zero attached hydrogens (tertiary/aromatic N) is 3. The zero-order valence-electron chi connectivity index (χ0n) is 14.7. The molecule has 2 aliphatic rings. The summed E-state index contributed by atoms with van der Waals surface area (Å²) < 4.78 is 1.91. The van der Waals surface area contributed by atoms with Crippen LogP contribution in [0.1, 0.15) is 29.2 Å². The molecule has 1 aromatic heterocycles. The van der Waals surface area contributed by atoms with Gasteiger partial charge in [0, 0.05) is 11.8 Å². The van der Waals surface area contributed by atoms with E-state index in [1.807, 2.05) is 17.7 Å². The summed E-state index contributed by atoms with van der Waals surface area (Å²) in [6.07, 6.45) is 3.90. The van der Waals surface area contributed by atoms with Crippen molar-refractivity contribution in [1.82, 2.24) is 20.1 Å². The summed E-state index contributed by atoms with van der Waals surface area (Å²) in [7, 11) is 0. The Kier molecular flexibility index (Phi) is 3.45. The summed E-state index contributed by atoms with van der Waals surface area (Å²) in [6, 6.07) is 10.4. The molecule has 0 spiro atoms. The highest BCUT2D eigenvalue weighted by atomic mass is 16.2. The fourth-order valence-corrected chi connectivity index (χ4v) is 4.25. The van der Waals surface area contributed by atoms with Crippen molar-refractivity contribution in [2.45, 2.75) is 45.2 Å². The molecule has 0 radical (unpaired) electrons. The van der Waals surface area contributed by atoms with E-state index in [9.17, 15) is 4.79 Å². The molecule has 132 valence electrons. The van der Waals surface area contributed by atoms with Crippen LogP contribution >= 0.6 is 0 Å². The predicted octanol–water partition coefficient (Wildman–Crippen LogP) is 2.97. The molecule has 2 amide bonds. The Morgan fingerprint density at radius 1 is 1.15 bits per heavy atom. The van der Waals surface area contributed by atoms with Gasteiger partial charge in [0.15, 0.2) is 0 Å². The number of aromatic nitrogens is 3. The molecule has 1 atom stereocenters. The maximum absolute atomic E-state index is 12.6. The van der Waals surface area contributed by atoms with Gasteiger partial charge in [-0.15, -0.1) is 0 Å². The van der Waals surface area contributed by atoms with Crippen molar-refractivity contribution >= 4 is 22.5 Å². The number of benzene rings is 2. The first-order valence-electron chi connectivity index (χ1n) is 9.19. The number of rotatable bonds is 2. The molecule has 2 aromatic carbocycles. The summed E-state index contributed by atoms with van der Waals surface area (Å²) in [5, 5.41) is 13.0. The van der Waals surface area contributed by atoms with Crippen LogP contribution in [-0.2, 0) is 25.8 Å². The molecule has 26 heavy (non-hydrogen) atoms. The number of urea groups is 1. The standard InChI is InChI=1S/C20H21N5O/c1-12-21-18-10-8-15(11-25(18)24-12)22-20(26)23-17-9-7-14-6-5-13-3-2-4-16(17)19(13)14/h2-4,7,9,15H,5-6,8,10-11H2,1H3,(H2,22,23,26)/t15-/m1/s1. The Balaban J connectivity index is 1.33. The molecule has 6 heteroatoms. The van der Waals surface area contributed by atoms with E-state index in [0.29, 0.717) is 6.54 Å². The Hall–Kier alpha value is -2.89. The van der Waals surface area contributed by atoms with Crippen LogP contribution in [0.3, 0.4) is 0 Å². The lowest BCUT2D eigenvalue weighted by Gasteiger charge is -2.23. The van der Waals surface area contributed by atoms with E-state index in [-0.39, 0.29) is 12.1 Å². The van der Waals surface area contributed by atoms with Gasteiger partial charge in [-0.1, -0.05) is 24.3 Å². The van der Waals surface area contributed by atoms with E-state index in [1.54, 1.807) is 0 Å². The molecule has 1 aliphatic heterocycles. The second-order valence-corrected chi connectivity index (χ2v) is 7.20. The van der Waals surface area contributed by atoms with E-state index < -0.39 is 0 Å². The highest BCUT2D eigenvalue weighted by molar-refractivity contribution is 6.04. The van der Waals surface area contributed by atoms with Crippen molar-refractivity contribution in [3.8, 4) is 0 Å². The smallest absolute Gasteiger partial charge is 0.319 e. The summed E-state index contributed by atoms with van der Waals surface area (Å²) in [4.78, 5) is 17.0. The molecule has 0 unspecified atom stereocenters. The zero-order chi connectivity index (χ0) is 17.7. The summed E-state index contributed by atoms with van der Waals surface area (Å²) in [5.74, 6) is 1.80. The molecule has 0 fully saturated rings. The normalized spacial score (nSPS) is 18.0. The number of aryl methyl sites for hydroxylation is 4. The number of carbonyl (C=O) groups excluding carboxylic acids is 1. The maximum Gasteiger partial charge on any atom is 0.319 e. The van der Waals surface area contributed by atoms with Gasteiger partial charge in [0.25, 0.3) is 0 Å². The summed E-state index contributed by atoms with van der Waals surface area (Å²) >= 11 is 0. The largest absolute Gasteiger partial charge is 0.333 e. The van der Waals surface area contributed by atoms with Crippen molar-refractivity contribution in [1.29, 1.82) is 0 Å². The number of hydrogen-bond acceptors (Lipinski definition) is 3. The first kappa shape index (κ1) is 15.4. The van der Waals surface area contributed by atoms with Crippen LogP contribution in [0.5, 0.6) is 0 Å². The summed E-state index contributed by atoms with van der Waals surface area (Å²) in [6.45, 7) is 2.57. The van der Waals surface area contributed by atoms with Crippen LogP contribution in [0.15, 0.2) is 30.3 Å². The molecule has 0 bridgehead atoms. The van der Waals surface area contributed by atoms with Crippen LogP contribution < -0.4 is 10.6 Å². The van der Waals surface area contributed by atoms with Crippen molar-refractivity contribution in [2.75, 3.05) is 5.32 Å². The van der Waals surface area contributed by atoms with Crippen molar-refractivity contribution in [3.05, 3.63) is 53.1 Å².